The summed E-state index contributed by atoms with van der Waals surface area (Å²) in [6, 6.07) is 5.93. The second-order valence-electron chi connectivity index (χ2n) is 5.95. The van der Waals surface area contributed by atoms with E-state index in [0.29, 0.717) is 11.4 Å². The number of carboxylic acid groups (broad SMARTS) is 1. The number of ether oxygens (including phenoxy) is 1. The number of rotatable bonds is 10. The van der Waals surface area contributed by atoms with Crippen LogP contribution in [0.5, 0.6) is 5.75 Å². The molecule has 3 N–H and O–H groups in total. The van der Waals surface area contributed by atoms with Gasteiger partial charge in [-0.1, -0.05) is 0 Å². The first-order valence-electron chi connectivity index (χ1n) is 7.86. The molecule has 1 amide bonds. The third kappa shape index (κ3) is 8.94. The van der Waals surface area contributed by atoms with Gasteiger partial charge in [-0.3, -0.25) is 14.3 Å². The quantitative estimate of drug-likeness (QED) is 0.573. The molecule has 0 spiro atoms. The van der Waals surface area contributed by atoms with Gasteiger partial charge in [-0.05, 0) is 51.5 Å². The molecule has 0 bridgehead atoms. The molecule has 1 aromatic carbocycles. The van der Waals surface area contributed by atoms with E-state index in [-0.39, 0.29) is 18.9 Å². The van der Waals surface area contributed by atoms with Gasteiger partial charge >= 0.3 is 5.97 Å². The van der Waals surface area contributed by atoms with Gasteiger partial charge in [0.15, 0.2) is 0 Å². The van der Waals surface area contributed by atoms with Crippen molar-refractivity contribution in [3.05, 3.63) is 24.3 Å². The first-order valence-corrected chi connectivity index (χ1v) is 9.51. The summed E-state index contributed by atoms with van der Waals surface area (Å²) < 4.78 is 31.8. The van der Waals surface area contributed by atoms with Crippen LogP contribution < -0.4 is 14.8 Å². The molecule has 140 valence electrons. The molecule has 9 heteroatoms. The highest BCUT2D eigenvalue weighted by Crippen LogP contribution is 2.17. The smallest absolute Gasteiger partial charge is 0.303 e. The number of hydrogen-bond acceptors (Lipinski definition) is 5. The number of benzene rings is 1. The maximum atomic E-state index is 12.0. The number of carboxylic acids is 1. The van der Waals surface area contributed by atoms with Gasteiger partial charge in [-0.15, -0.1) is 0 Å². The topological polar surface area (TPSA) is 122 Å². The zero-order valence-corrected chi connectivity index (χ0v) is 15.3. The number of carbonyl (C=O) groups is 2. The largest absolute Gasteiger partial charge is 0.491 e. The third-order valence-electron chi connectivity index (χ3n) is 3.02. The van der Waals surface area contributed by atoms with Crippen molar-refractivity contribution in [3.63, 3.8) is 0 Å². The Hall–Kier alpha value is -2.29. The predicted octanol–water partition coefficient (Wildman–Crippen LogP) is 1.59. The van der Waals surface area contributed by atoms with Crippen LogP contribution in [0.3, 0.4) is 0 Å². The fourth-order valence-electron chi connectivity index (χ4n) is 1.99. The molecular weight excluding hydrogens is 348 g/mol. The van der Waals surface area contributed by atoms with Crippen LogP contribution in [0.15, 0.2) is 24.3 Å². The van der Waals surface area contributed by atoms with E-state index in [4.69, 9.17) is 9.84 Å². The van der Waals surface area contributed by atoms with Gasteiger partial charge in [0.05, 0.1) is 6.10 Å². The number of nitrogens with one attached hydrogen (secondary N) is 2. The van der Waals surface area contributed by atoms with Crippen LogP contribution in [-0.4, -0.2) is 43.3 Å². The number of sulfonamides is 1. The second kappa shape index (κ2) is 9.26. The maximum absolute atomic E-state index is 12.0. The molecular formula is C16H24N2O6S. The zero-order valence-electron chi connectivity index (χ0n) is 14.5. The average Bonchev–Trinajstić information content (AvgIpc) is 2.45. The molecule has 0 saturated heterocycles. The van der Waals surface area contributed by atoms with E-state index in [0.717, 1.165) is 0 Å². The summed E-state index contributed by atoms with van der Waals surface area (Å²) in [5.74, 6) is -1.79. The number of amides is 1. The summed E-state index contributed by atoms with van der Waals surface area (Å²) in [4.78, 5) is 22.3. The summed E-state index contributed by atoms with van der Waals surface area (Å²) in [6.07, 6.45) is 0.137. The van der Waals surface area contributed by atoms with E-state index in [9.17, 15) is 18.0 Å². The lowest BCUT2D eigenvalue weighted by molar-refractivity contribution is -0.137. The number of anilines is 1. The minimum atomic E-state index is -3.87. The molecule has 1 aromatic rings. The first-order chi connectivity index (χ1) is 11.6. The number of hydrogen-bond donors (Lipinski definition) is 3. The molecule has 0 aromatic heterocycles. The Morgan fingerprint density at radius 1 is 1.16 bits per heavy atom. The van der Waals surface area contributed by atoms with Crippen LogP contribution in [0.2, 0.25) is 0 Å². The van der Waals surface area contributed by atoms with Gasteiger partial charge < -0.3 is 15.2 Å². The molecule has 0 aliphatic carbocycles. The lowest BCUT2D eigenvalue weighted by atomic mass is 10.2. The summed E-state index contributed by atoms with van der Waals surface area (Å²) in [5, 5.41) is 11.1. The lowest BCUT2D eigenvalue weighted by Gasteiger charge is -2.14. The predicted molar refractivity (Wildman–Crippen MR) is 94.1 cm³/mol. The normalized spacial score (nSPS) is 12.5. The zero-order chi connectivity index (χ0) is 19.0. The van der Waals surface area contributed by atoms with E-state index in [1.807, 2.05) is 13.8 Å². The highest BCUT2D eigenvalue weighted by Gasteiger charge is 2.18. The number of carbonyl (C=O) groups excluding carboxylic acids is 1. The lowest BCUT2D eigenvalue weighted by Crippen LogP contribution is -2.38. The van der Waals surface area contributed by atoms with Gasteiger partial charge in [-0.25, -0.2) is 8.42 Å². The second-order valence-corrected chi connectivity index (χ2v) is 7.68. The monoisotopic (exact) mass is 372 g/mol. The van der Waals surface area contributed by atoms with Gasteiger partial charge in [-0.2, -0.15) is 0 Å². The third-order valence-corrected chi connectivity index (χ3v) is 4.21. The van der Waals surface area contributed by atoms with Gasteiger partial charge in [0, 0.05) is 18.2 Å². The summed E-state index contributed by atoms with van der Waals surface area (Å²) in [5.41, 5.74) is 0.322. The van der Waals surface area contributed by atoms with E-state index in [1.165, 1.54) is 0 Å². The van der Waals surface area contributed by atoms with Crippen molar-refractivity contribution in [2.45, 2.75) is 45.8 Å². The molecule has 1 rings (SSSR count). The Morgan fingerprint density at radius 2 is 1.76 bits per heavy atom. The summed E-state index contributed by atoms with van der Waals surface area (Å²) in [7, 11) is -3.87. The highest BCUT2D eigenvalue weighted by molar-refractivity contribution is 7.93. The Labute approximate surface area is 147 Å². The van der Waals surface area contributed by atoms with Gasteiger partial charge in [0.25, 0.3) is 0 Å². The molecule has 1 unspecified atom stereocenters. The van der Waals surface area contributed by atoms with Crippen LogP contribution in [0, 0.1) is 0 Å². The average molecular weight is 372 g/mol. The SMILES string of the molecule is CC(CCC(=O)O)NC(=O)CS(=O)(=O)Nc1ccc(OC(C)C)cc1. The minimum Gasteiger partial charge on any atom is -0.491 e. The van der Waals surface area contributed by atoms with Crippen molar-refractivity contribution in [2.24, 2.45) is 0 Å². The summed E-state index contributed by atoms with van der Waals surface area (Å²) >= 11 is 0. The van der Waals surface area contributed by atoms with Gasteiger partial charge in [0.1, 0.15) is 11.5 Å². The molecule has 0 saturated carbocycles. The van der Waals surface area contributed by atoms with Crippen molar-refractivity contribution in [2.75, 3.05) is 10.5 Å². The molecule has 0 heterocycles. The van der Waals surface area contributed by atoms with Crippen LogP contribution in [0.25, 0.3) is 0 Å². The van der Waals surface area contributed by atoms with Crippen molar-refractivity contribution in [1.82, 2.24) is 5.32 Å². The Balaban J connectivity index is 2.54. The molecule has 0 aliphatic heterocycles. The standard InChI is InChI=1S/C16H24N2O6S/c1-11(2)24-14-7-5-13(6-8-14)18-25(22,23)10-15(19)17-12(3)4-9-16(20)21/h5-8,11-12,18H,4,9-10H2,1-3H3,(H,17,19)(H,20,21). The Kier molecular flexibility index (Phi) is 7.69. The van der Waals surface area contributed by atoms with Crippen LogP contribution >= 0.6 is 0 Å². The van der Waals surface area contributed by atoms with E-state index in [1.54, 1.807) is 31.2 Å². The fourth-order valence-corrected chi connectivity index (χ4v) is 2.99. The summed E-state index contributed by atoms with van der Waals surface area (Å²) in [6.45, 7) is 5.38. The van der Waals surface area contributed by atoms with Crippen LogP contribution in [0.4, 0.5) is 5.69 Å². The van der Waals surface area contributed by atoms with Gasteiger partial charge in [0.2, 0.25) is 15.9 Å². The Morgan fingerprint density at radius 3 is 2.28 bits per heavy atom. The minimum absolute atomic E-state index is 0.00866. The van der Waals surface area contributed by atoms with Crippen molar-refractivity contribution >= 4 is 27.6 Å². The van der Waals surface area contributed by atoms with E-state index in [2.05, 4.69) is 10.0 Å². The Bertz CT molecular complexity index is 685. The molecule has 0 aliphatic rings. The van der Waals surface area contributed by atoms with Crippen LogP contribution in [-0.2, 0) is 19.6 Å². The highest BCUT2D eigenvalue weighted by atomic mass is 32.2. The molecule has 25 heavy (non-hydrogen) atoms. The van der Waals surface area contributed by atoms with Crippen LogP contribution in [0.1, 0.15) is 33.6 Å². The van der Waals surface area contributed by atoms with Crippen molar-refractivity contribution in [1.29, 1.82) is 0 Å². The maximum Gasteiger partial charge on any atom is 0.303 e. The fraction of sp³-hybridized carbons (Fsp3) is 0.500. The molecule has 0 radical (unpaired) electrons. The number of aliphatic carboxylic acids is 1. The molecule has 1 atom stereocenters. The molecule has 0 fully saturated rings. The first kappa shape index (κ1) is 20.8. The van der Waals surface area contributed by atoms with E-state index < -0.39 is 33.7 Å². The van der Waals surface area contributed by atoms with Crippen molar-refractivity contribution < 1.29 is 27.9 Å². The van der Waals surface area contributed by atoms with E-state index >= 15 is 0 Å². The molecule has 8 nitrogen and oxygen atoms in total. The van der Waals surface area contributed by atoms with Crippen molar-refractivity contribution in [3.8, 4) is 5.75 Å².